The van der Waals surface area contributed by atoms with Gasteiger partial charge in [-0.3, -0.25) is 14.2 Å². The summed E-state index contributed by atoms with van der Waals surface area (Å²) in [6.45, 7) is 5.45. The molecular formula is C22H21Cl2FN2O3. The molecule has 0 saturated heterocycles. The Balaban J connectivity index is 2.17. The SMILES string of the molecule is CCC(C)NC(=O)Cc1c(C)n(C(=O)c2ccc(Cl)c(Cl)c2)c2ccc(O)c(F)c12. The second-order valence-corrected chi connectivity index (χ2v) is 7.99. The van der Waals surface area contributed by atoms with Gasteiger partial charge in [0.1, 0.15) is 0 Å². The molecule has 0 fully saturated rings. The van der Waals surface area contributed by atoms with Crippen LogP contribution < -0.4 is 5.32 Å². The van der Waals surface area contributed by atoms with Crippen molar-refractivity contribution in [3.63, 3.8) is 0 Å². The molecule has 0 aliphatic heterocycles. The van der Waals surface area contributed by atoms with Crippen LogP contribution in [0.1, 0.15) is 41.9 Å². The zero-order valence-electron chi connectivity index (χ0n) is 16.7. The smallest absolute Gasteiger partial charge is 0.262 e. The Morgan fingerprint density at radius 3 is 2.53 bits per heavy atom. The number of aromatic nitrogens is 1. The fourth-order valence-electron chi connectivity index (χ4n) is 3.35. The van der Waals surface area contributed by atoms with Crippen LogP contribution in [0.2, 0.25) is 10.0 Å². The quantitative estimate of drug-likeness (QED) is 0.557. The van der Waals surface area contributed by atoms with Crippen molar-refractivity contribution in [1.82, 2.24) is 9.88 Å². The number of phenolic OH excluding ortho intramolecular Hbond substituents is 1. The van der Waals surface area contributed by atoms with Gasteiger partial charge >= 0.3 is 0 Å². The lowest BCUT2D eigenvalue weighted by atomic mass is 10.1. The van der Waals surface area contributed by atoms with Crippen LogP contribution in [-0.2, 0) is 11.2 Å². The number of hydrogen-bond donors (Lipinski definition) is 2. The first-order valence-electron chi connectivity index (χ1n) is 9.46. The maximum absolute atomic E-state index is 14.9. The van der Waals surface area contributed by atoms with Crippen molar-refractivity contribution in [2.24, 2.45) is 0 Å². The van der Waals surface area contributed by atoms with Gasteiger partial charge in [0.2, 0.25) is 5.91 Å². The van der Waals surface area contributed by atoms with Crippen LogP contribution in [-0.4, -0.2) is 27.5 Å². The molecule has 1 unspecified atom stereocenters. The molecule has 1 amide bonds. The number of carbonyl (C=O) groups excluding carboxylic acids is 2. The molecular weight excluding hydrogens is 430 g/mol. The normalized spacial score (nSPS) is 12.2. The molecule has 0 spiro atoms. The van der Waals surface area contributed by atoms with Crippen LogP contribution in [0.4, 0.5) is 4.39 Å². The number of hydrogen-bond acceptors (Lipinski definition) is 3. The van der Waals surface area contributed by atoms with Crippen molar-refractivity contribution < 1.29 is 19.1 Å². The number of fused-ring (bicyclic) bond motifs is 1. The molecule has 0 aliphatic carbocycles. The third kappa shape index (κ3) is 4.02. The summed E-state index contributed by atoms with van der Waals surface area (Å²) in [5.41, 5.74) is 1.26. The molecule has 0 radical (unpaired) electrons. The Hall–Kier alpha value is -2.57. The number of halogens is 3. The summed E-state index contributed by atoms with van der Waals surface area (Å²) in [5.74, 6) is -2.17. The Morgan fingerprint density at radius 2 is 1.90 bits per heavy atom. The standard InChI is InChI=1S/C22H21Cl2FN2O3/c1-4-11(2)26-19(29)10-14-12(3)27(17-7-8-18(28)21(25)20(14)17)22(30)13-5-6-15(23)16(24)9-13/h5-9,11,28H,4,10H2,1-3H3,(H,26,29). The lowest BCUT2D eigenvalue weighted by Gasteiger charge is -2.12. The van der Waals surface area contributed by atoms with Gasteiger partial charge in [-0.15, -0.1) is 0 Å². The van der Waals surface area contributed by atoms with E-state index in [9.17, 15) is 19.1 Å². The molecule has 0 aliphatic rings. The van der Waals surface area contributed by atoms with E-state index in [-0.39, 0.29) is 39.9 Å². The lowest BCUT2D eigenvalue weighted by Crippen LogP contribution is -2.33. The van der Waals surface area contributed by atoms with Crippen molar-refractivity contribution in [1.29, 1.82) is 0 Å². The summed E-state index contributed by atoms with van der Waals surface area (Å²) in [6, 6.07) is 7.05. The molecule has 3 rings (SSSR count). The second-order valence-electron chi connectivity index (χ2n) is 7.18. The number of phenols is 1. The first-order chi connectivity index (χ1) is 14.1. The molecule has 0 bridgehead atoms. The molecule has 0 saturated carbocycles. The second kappa shape index (κ2) is 8.66. The molecule has 1 heterocycles. The van der Waals surface area contributed by atoms with Crippen LogP contribution in [0.15, 0.2) is 30.3 Å². The minimum Gasteiger partial charge on any atom is -0.505 e. The summed E-state index contributed by atoms with van der Waals surface area (Å²) < 4.78 is 16.2. The summed E-state index contributed by atoms with van der Waals surface area (Å²) in [5, 5.41) is 13.3. The first-order valence-corrected chi connectivity index (χ1v) is 10.2. The van der Waals surface area contributed by atoms with Gasteiger partial charge in [-0.2, -0.15) is 0 Å². The van der Waals surface area contributed by atoms with Crippen LogP contribution in [0.5, 0.6) is 5.75 Å². The molecule has 1 aromatic heterocycles. The van der Waals surface area contributed by atoms with Gasteiger partial charge in [-0.25, -0.2) is 4.39 Å². The van der Waals surface area contributed by atoms with E-state index in [0.717, 1.165) is 6.42 Å². The summed E-state index contributed by atoms with van der Waals surface area (Å²) in [6.07, 6.45) is 0.617. The summed E-state index contributed by atoms with van der Waals surface area (Å²) in [4.78, 5) is 25.7. The van der Waals surface area contributed by atoms with Gasteiger partial charge in [0.15, 0.2) is 11.6 Å². The van der Waals surface area contributed by atoms with Crippen LogP contribution in [0.3, 0.4) is 0 Å². The first kappa shape index (κ1) is 22.1. The highest BCUT2D eigenvalue weighted by Crippen LogP contribution is 2.34. The number of carbonyl (C=O) groups is 2. The highest BCUT2D eigenvalue weighted by molar-refractivity contribution is 6.42. The Kier molecular flexibility index (Phi) is 6.38. The van der Waals surface area contributed by atoms with E-state index >= 15 is 0 Å². The fraction of sp³-hybridized carbons (Fsp3) is 0.273. The van der Waals surface area contributed by atoms with Gasteiger partial charge < -0.3 is 10.4 Å². The maximum atomic E-state index is 14.9. The number of amides is 1. The van der Waals surface area contributed by atoms with Crippen LogP contribution in [0, 0.1) is 12.7 Å². The molecule has 2 N–H and O–H groups in total. The summed E-state index contributed by atoms with van der Waals surface area (Å²) >= 11 is 12.0. The highest BCUT2D eigenvalue weighted by Gasteiger charge is 2.25. The zero-order chi connectivity index (χ0) is 22.2. The van der Waals surface area contributed by atoms with Gasteiger partial charge in [0, 0.05) is 22.7 Å². The number of rotatable bonds is 5. The Morgan fingerprint density at radius 1 is 1.20 bits per heavy atom. The third-order valence-corrected chi connectivity index (χ3v) is 5.88. The Labute approximate surface area is 183 Å². The van der Waals surface area contributed by atoms with E-state index in [1.165, 1.54) is 34.9 Å². The van der Waals surface area contributed by atoms with Crippen LogP contribution in [0.25, 0.3) is 10.9 Å². The number of nitrogens with zero attached hydrogens (tertiary/aromatic N) is 1. The van der Waals surface area contributed by atoms with E-state index in [2.05, 4.69) is 5.32 Å². The zero-order valence-corrected chi connectivity index (χ0v) is 18.2. The molecule has 2 aromatic carbocycles. The molecule has 30 heavy (non-hydrogen) atoms. The number of nitrogens with one attached hydrogen (secondary N) is 1. The van der Waals surface area contributed by atoms with Gasteiger partial charge in [0.05, 0.1) is 22.0 Å². The minimum absolute atomic E-state index is 0.0396. The molecule has 8 heteroatoms. The average molecular weight is 451 g/mol. The van der Waals surface area contributed by atoms with Crippen molar-refractivity contribution in [3.05, 3.63) is 63.0 Å². The molecule has 5 nitrogen and oxygen atoms in total. The van der Waals surface area contributed by atoms with Crippen molar-refractivity contribution in [2.75, 3.05) is 0 Å². The molecule has 3 aromatic rings. The molecule has 1 atom stereocenters. The number of benzene rings is 2. The average Bonchev–Trinajstić information content (AvgIpc) is 2.98. The van der Waals surface area contributed by atoms with E-state index in [1.54, 1.807) is 6.92 Å². The van der Waals surface area contributed by atoms with Crippen LogP contribution >= 0.6 is 23.2 Å². The van der Waals surface area contributed by atoms with Gasteiger partial charge in [0.25, 0.3) is 5.91 Å². The Bertz CT molecular complexity index is 1160. The number of aromatic hydroxyl groups is 1. The maximum Gasteiger partial charge on any atom is 0.262 e. The minimum atomic E-state index is -0.873. The largest absolute Gasteiger partial charge is 0.505 e. The van der Waals surface area contributed by atoms with Gasteiger partial charge in [-0.05, 0) is 56.2 Å². The van der Waals surface area contributed by atoms with Crippen molar-refractivity contribution >= 4 is 45.9 Å². The summed E-state index contributed by atoms with van der Waals surface area (Å²) in [7, 11) is 0. The van der Waals surface area contributed by atoms with E-state index in [1.807, 2.05) is 13.8 Å². The van der Waals surface area contributed by atoms with E-state index < -0.39 is 17.5 Å². The van der Waals surface area contributed by atoms with Crippen molar-refractivity contribution in [2.45, 2.75) is 39.7 Å². The third-order valence-electron chi connectivity index (χ3n) is 5.14. The lowest BCUT2D eigenvalue weighted by molar-refractivity contribution is -0.121. The van der Waals surface area contributed by atoms with E-state index in [4.69, 9.17) is 23.2 Å². The topological polar surface area (TPSA) is 71.3 Å². The van der Waals surface area contributed by atoms with E-state index in [0.29, 0.717) is 16.3 Å². The molecule has 158 valence electrons. The highest BCUT2D eigenvalue weighted by atomic mass is 35.5. The van der Waals surface area contributed by atoms with Gasteiger partial charge in [-0.1, -0.05) is 30.1 Å². The monoisotopic (exact) mass is 450 g/mol. The predicted octanol–water partition coefficient (Wildman–Crippen LogP) is 5.25. The predicted molar refractivity (Wildman–Crippen MR) is 116 cm³/mol. The van der Waals surface area contributed by atoms with Crippen molar-refractivity contribution in [3.8, 4) is 5.75 Å². The fourth-order valence-corrected chi connectivity index (χ4v) is 3.65.